The van der Waals surface area contributed by atoms with E-state index in [1.54, 1.807) is 25.3 Å². The van der Waals surface area contributed by atoms with Crippen molar-refractivity contribution in [2.75, 3.05) is 33.9 Å². The number of amides is 4. The van der Waals surface area contributed by atoms with Crippen LogP contribution in [-0.4, -0.2) is 111 Å². The van der Waals surface area contributed by atoms with Gasteiger partial charge >= 0.3 is 5.97 Å². The van der Waals surface area contributed by atoms with E-state index in [0.717, 1.165) is 50.1 Å². The van der Waals surface area contributed by atoms with Gasteiger partial charge in [-0.3, -0.25) is 34.0 Å². The van der Waals surface area contributed by atoms with Crippen LogP contribution in [0.5, 0.6) is 0 Å². The van der Waals surface area contributed by atoms with Crippen molar-refractivity contribution in [2.24, 2.45) is 17.3 Å². The number of hydrazine groups is 1. The van der Waals surface area contributed by atoms with Crippen molar-refractivity contribution in [3.8, 4) is 22.4 Å². The van der Waals surface area contributed by atoms with Gasteiger partial charge in [-0.1, -0.05) is 64.6 Å². The molecule has 14 heteroatoms. The third-order valence-corrected chi connectivity index (χ3v) is 14.0. The molecule has 67 heavy (non-hydrogen) atoms. The minimum Gasteiger partial charge on any atom is -0.464 e. The van der Waals surface area contributed by atoms with Crippen LogP contribution >= 0.6 is 0 Å². The molecule has 6 bridgehead atoms. The molecule has 0 radical (unpaired) electrons. The van der Waals surface area contributed by atoms with Gasteiger partial charge in [0.25, 0.3) is 5.91 Å². The minimum absolute atomic E-state index is 0.134. The number of ether oxygens (including phenoxy) is 2. The highest BCUT2D eigenvalue weighted by molar-refractivity contribution is 5.96. The van der Waals surface area contributed by atoms with Crippen molar-refractivity contribution >= 4 is 40.5 Å². The van der Waals surface area contributed by atoms with E-state index in [0.29, 0.717) is 38.8 Å². The number of carbonyl (C=O) groups is 5. The van der Waals surface area contributed by atoms with E-state index in [1.165, 1.54) is 16.0 Å². The number of nitrogens with one attached hydrogen (secondary N) is 2. The summed E-state index contributed by atoms with van der Waals surface area (Å²) in [6, 6.07) is 15.8. The molecule has 2 fully saturated rings. The van der Waals surface area contributed by atoms with E-state index in [4.69, 9.17) is 14.5 Å². The Labute approximate surface area is 395 Å². The molecule has 2 aromatic heterocycles. The quantitative estimate of drug-likeness (QED) is 0.126. The minimum atomic E-state index is -1.06. The topological polar surface area (TPSA) is 155 Å². The second-order valence-corrected chi connectivity index (χ2v) is 20.4. The molecule has 4 amide bonds. The maximum absolute atomic E-state index is 14.8. The molecule has 0 spiro atoms. The van der Waals surface area contributed by atoms with Gasteiger partial charge in [-0.15, -0.1) is 0 Å². The molecule has 3 aliphatic heterocycles. The Morgan fingerprint density at radius 3 is 2.51 bits per heavy atom. The van der Waals surface area contributed by atoms with Gasteiger partial charge in [0.05, 0.1) is 30.0 Å². The van der Waals surface area contributed by atoms with E-state index < -0.39 is 52.8 Å². The Morgan fingerprint density at radius 1 is 1.06 bits per heavy atom. The highest BCUT2D eigenvalue weighted by atomic mass is 16.5. The van der Waals surface area contributed by atoms with Crippen LogP contribution in [0.15, 0.2) is 73.4 Å². The summed E-state index contributed by atoms with van der Waals surface area (Å²) in [5.41, 5.74) is 9.89. The van der Waals surface area contributed by atoms with E-state index in [-0.39, 0.29) is 43.4 Å². The van der Waals surface area contributed by atoms with Gasteiger partial charge in [0, 0.05) is 73.8 Å². The zero-order chi connectivity index (χ0) is 48.5. The fraction of sp³-hybridized carbons (Fsp3) is 0.509. The van der Waals surface area contributed by atoms with Gasteiger partial charge in [-0.05, 0) is 112 Å². The number of carbonyl (C=O) groups excluding carboxylic acids is 5. The second kappa shape index (κ2) is 19.8. The normalized spacial score (nSPS) is 21.6. The lowest BCUT2D eigenvalue weighted by Gasteiger charge is -2.37. The number of cyclic esters (lactones) is 1. The first kappa shape index (κ1) is 49.1. The lowest BCUT2D eigenvalue weighted by molar-refractivity contribution is -0.155. The molecule has 2 saturated heterocycles. The first-order valence-corrected chi connectivity index (χ1v) is 23.8. The van der Waals surface area contributed by atoms with E-state index in [2.05, 4.69) is 79.1 Å². The largest absolute Gasteiger partial charge is 0.464 e. The van der Waals surface area contributed by atoms with Crippen molar-refractivity contribution in [2.45, 2.75) is 124 Å². The van der Waals surface area contributed by atoms with Crippen LogP contribution in [0.4, 0.5) is 0 Å². The third-order valence-electron chi connectivity index (χ3n) is 14.0. The summed E-state index contributed by atoms with van der Waals surface area (Å²) >= 11 is 0. The van der Waals surface area contributed by atoms with Gasteiger partial charge in [0.1, 0.15) is 18.1 Å². The molecule has 0 saturated carbocycles. The molecule has 5 heterocycles. The second-order valence-electron chi connectivity index (χ2n) is 20.4. The molecule has 0 unspecified atom stereocenters. The van der Waals surface area contributed by atoms with Crippen LogP contribution < -0.4 is 10.7 Å². The zero-order valence-electron chi connectivity index (χ0n) is 41.0. The highest BCUT2D eigenvalue weighted by Crippen LogP contribution is 2.42. The molecule has 14 nitrogen and oxygen atoms in total. The Morgan fingerprint density at radius 2 is 1.81 bits per heavy atom. The molecule has 3 aliphatic rings. The van der Waals surface area contributed by atoms with Crippen molar-refractivity contribution in [1.29, 1.82) is 0 Å². The summed E-state index contributed by atoms with van der Waals surface area (Å²) < 4.78 is 14.3. The number of rotatable bonds is 10. The molecular weight excluding hydrogens is 847 g/mol. The highest BCUT2D eigenvalue weighted by Gasteiger charge is 2.46. The van der Waals surface area contributed by atoms with E-state index in [9.17, 15) is 24.0 Å². The lowest BCUT2D eigenvalue weighted by Crippen LogP contribution is -2.62. The summed E-state index contributed by atoms with van der Waals surface area (Å²) in [7, 11) is 3.31. The van der Waals surface area contributed by atoms with Crippen molar-refractivity contribution in [3.63, 3.8) is 0 Å². The molecule has 7 rings (SSSR count). The molecule has 358 valence electrons. The number of hydrogen-bond donors (Lipinski definition) is 2. The number of benzene rings is 2. The number of nitrogens with zero attached hydrogens (tertiary/aromatic N) is 5. The number of methoxy groups -OCH3 is 1. The molecule has 2 N–H and O–H groups in total. The maximum Gasteiger partial charge on any atom is 0.324 e. The van der Waals surface area contributed by atoms with Crippen LogP contribution in [0.2, 0.25) is 0 Å². The van der Waals surface area contributed by atoms with Gasteiger partial charge in [-0.25, -0.2) is 5.43 Å². The predicted octanol–water partition coefficient (Wildman–Crippen LogP) is 7.04. The van der Waals surface area contributed by atoms with Gasteiger partial charge in [-0.2, -0.15) is 0 Å². The van der Waals surface area contributed by atoms with Crippen LogP contribution in [0, 0.1) is 17.3 Å². The number of esters is 1. The Hall–Kier alpha value is -5.86. The zero-order valence-corrected chi connectivity index (χ0v) is 41.0. The van der Waals surface area contributed by atoms with Crippen LogP contribution in [0.3, 0.4) is 0 Å². The molecule has 2 aromatic carbocycles. The molecule has 0 aliphatic carbocycles. The smallest absolute Gasteiger partial charge is 0.324 e. The number of hydrogen-bond acceptors (Lipinski definition) is 9. The number of aromatic nitrogens is 2. The number of likely N-dealkylation sites (N-methyl/N-ethyl adjacent to an activating group) is 1. The molecule has 5 atom stereocenters. The Bertz CT molecular complexity index is 2540. The standard InChI is InChI=1S/C53H69N7O7/c1-12-44(61)59-30-37(28-53(59,8)9)49(63)57(10)46(32(3)4)48(62)55-42-26-34-17-14-18-35(25-34)36-21-22-43-39(27-36)40(47(58(43)13-2)38-19-15-23-54-45(38)33(5)66-11)29-52(6,7)31-67-51(65)41-20-16-24-60(56-41)50(42)64/h12,14-15,17-19,21-23,25,27,32-33,37,41-42,46,56H,1,13,16,20,24,26,28-31H2,2-11H3,(H,55,62)/t33-,37-,41-,42-,46-/m0/s1. The van der Waals surface area contributed by atoms with Crippen LogP contribution in [0.25, 0.3) is 33.3 Å². The summed E-state index contributed by atoms with van der Waals surface area (Å²) in [6.45, 7) is 20.9. The monoisotopic (exact) mass is 916 g/mol. The Kier molecular flexibility index (Phi) is 14.5. The SMILES string of the molecule is C=CC(=O)N1C[C@@H](C(=O)N(C)[C@H](C(=O)N[C@H]2Cc3cccc(c3)-c3ccc4c(c3)c(c(-c3cccnc3[C@H](C)OC)n4CC)CC(C)(C)COC(=O)[C@@H]3CCCN(N3)C2=O)C(C)C)CC1(C)C. The van der Waals surface area contributed by atoms with E-state index in [1.807, 2.05) is 52.8 Å². The van der Waals surface area contributed by atoms with Crippen LogP contribution in [-0.2, 0) is 52.8 Å². The van der Waals surface area contributed by atoms with Gasteiger partial charge < -0.3 is 29.2 Å². The fourth-order valence-electron chi connectivity index (χ4n) is 10.5. The maximum atomic E-state index is 14.8. The summed E-state index contributed by atoms with van der Waals surface area (Å²) in [4.78, 5) is 78.2. The lowest BCUT2D eigenvalue weighted by atomic mass is 9.84. The number of pyridine rings is 1. The predicted molar refractivity (Wildman–Crippen MR) is 259 cm³/mol. The molecule has 4 aromatic rings. The van der Waals surface area contributed by atoms with Crippen molar-refractivity contribution in [3.05, 3.63) is 90.3 Å². The number of aryl methyl sites for hydroxylation is 1. The van der Waals surface area contributed by atoms with Crippen molar-refractivity contribution in [1.82, 2.24) is 35.1 Å². The average molecular weight is 916 g/mol. The average Bonchev–Trinajstić information content (AvgIpc) is 3.80. The Balaban J connectivity index is 1.29. The van der Waals surface area contributed by atoms with Crippen LogP contribution in [0.1, 0.15) is 97.6 Å². The number of likely N-dealkylation sites (tertiary alicyclic amines) is 1. The van der Waals surface area contributed by atoms with Gasteiger partial charge in [0.2, 0.25) is 17.7 Å². The van der Waals surface area contributed by atoms with Gasteiger partial charge in [0.15, 0.2) is 0 Å². The third kappa shape index (κ3) is 10.1. The summed E-state index contributed by atoms with van der Waals surface area (Å²) in [5.74, 6) is -2.66. The van der Waals surface area contributed by atoms with E-state index >= 15 is 0 Å². The first-order valence-electron chi connectivity index (χ1n) is 23.8. The fourth-order valence-corrected chi connectivity index (χ4v) is 10.5. The number of fused-ring (bicyclic) bond motifs is 6. The first-order chi connectivity index (χ1) is 31.8. The van der Waals surface area contributed by atoms with Crippen molar-refractivity contribution < 1.29 is 33.4 Å². The molecular formula is C53H69N7O7. The summed E-state index contributed by atoms with van der Waals surface area (Å²) in [5, 5.41) is 5.59. The summed E-state index contributed by atoms with van der Waals surface area (Å²) in [6.07, 6.45) is 4.97.